The maximum atomic E-state index is 12.1. The fourth-order valence-electron chi connectivity index (χ4n) is 2.08. The van der Waals surface area contributed by atoms with Gasteiger partial charge in [-0.05, 0) is 30.3 Å². The SMILES string of the molecule is O=C(CSc1nccn1-c1ccccc1)Nc1ccc(Cl)c(Cl)c1. The average Bonchev–Trinajstić information content (AvgIpc) is 3.06. The van der Waals surface area contributed by atoms with Crippen molar-refractivity contribution in [2.45, 2.75) is 5.16 Å². The number of hydrogen-bond donors (Lipinski definition) is 1. The summed E-state index contributed by atoms with van der Waals surface area (Å²) >= 11 is 13.2. The van der Waals surface area contributed by atoms with E-state index >= 15 is 0 Å². The van der Waals surface area contributed by atoms with Crippen LogP contribution in [-0.4, -0.2) is 21.2 Å². The molecule has 1 heterocycles. The Labute approximate surface area is 153 Å². The number of rotatable bonds is 5. The van der Waals surface area contributed by atoms with Gasteiger partial charge in [-0.3, -0.25) is 9.36 Å². The first-order valence-electron chi connectivity index (χ1n) is 7.10. The first kappa shape index (κ1) is 16.9. The third kappa shape index (κ3) is 4.12. The van der Waals surface area contributed by atoms with Crippen LogP contribution in [0.2, 0.25) is 10.0 Å². The molecular formula is C17H13Cl2N3OS. The first-order chi connectivity index (χ1) is 11.6. The number of nitrogens with zero attached hydrogens (tertiary/aromatic N) is 2. The van der Waals surface area contributed by atoms with E-state index in [1.165, 1.54) is 11.8 Å². The molecule has 0 aliphatic rings. The molecule has 1 amide bonds. The van der Waals surface area contributed by atoms with Crippen LogP contribution in [0.5, 0.6) is 0 Å². The fourth-order valence-corrected chi connectivity index (χ4v) is 3.15. The van der Waals surface area contributed by atoms with Crippen LogP contribution in [0.25, 0.3) is 5.69 Å². The molecule has 24 heavy (non-hydrogen) atoms. The number of carbonyl (C=O) groups is 1. The maximum Gasteiger partial charge on any atom is 0.234 e. The second-order valence-corrected chi connectivity index (χ2v) is 6.64. The number of aromatic nitrogens is 2. The summed E-state index contributed by atoms with van der Waals surface area (Å²) in [4.78, 5) is 16.4. The highest BCUT2D eigenvalue weighted by molar-refractivity contribution is 7.99. The molecule has 1 aromatic heterocycles. The monoisotopic (exact) mass is 377 g/mol. The number of para-hydroxylation sites is 1. The van der Waals surface area contributed by atoms with Crippen molar-refractivity contribution in [2.24, 2.45) is 0 Å². The van der Waals surface area contributed by atoms with Crippen molar-refractivity contribution in [2.75, 3.05) is 11.1 Å². The van der Waals surface area contributed by atoms with Gasteiger partial charge in [0, 0.05) is 23.8 Å². The predicted octanol–water partition coefficient (Wildman–Crippen LogP) is 4.91. The van der Waals surface area contributed by atoms with E-state index in [0.29, 0.717) is 15.7 Å². The molecule has 2 aromatic carbocycles. The molecule has 1 N–H and O–H groups in total. The Morgan fingerprint density at radius 2 is 1.92 bits per heavy atom. The Morgan fingerprint density at radius 1 is 1.12 bits per heavy atom. The number of benzene rings is 2. The van der Waals surface area contributed by atoms with Gasteiger partial charge >= 0.3 is 0 Å². The van der Waals surface area contributed by atoms with Crippen molar-refractivity contribution >= 4 is 46.6 Å². The minimum absolute atomic E-state index is 0.138. The van der Waals surface area contributed by atoms with Crippen LogP contribution in [0.1, 0.15) is 0 Å². The molecule has 0 unspecified atom stereocenters. The van der Waals surface area contributed by atoms with E-state index in [1.807, 2.05) is 41.1 Å². The molecule has 0 spiro atoms. The molecule has 3 rings (SSSR count). The Kier molecular flexibility index (Phi) is 5.45. The van der Waals surface area contributed by atoms with Crippen LogP contribution in [0, 0.1) is 0 Å². The van der Waals surface area contributed by atoms with Crippen molar-refractivity contribution in [1.82, 2.24) is 9.55 Å². The Balaban J connectivity index is 1.63. The van der Waals surface area contributed by atoms with Crippen LogP contribution in [0.4, 0.5) is 5.69 Å². The Hall–Kier alpha value is -1.95. The molecule has 0 aliphatic carbocycles. The zero-order chi connectivity index (χ0) is 16.9. The molecule has 3 aromatic rings. The highest BCUT2D eigenvalue weighted by Crippen LogP contribution is 2.25. The van der Waals surface area contributed by atoms with E-state index < -0.39 is 0 Å². The number of thioether (sulfide) groups is 1. The van der Waals surface area contributed by atoms with Crippen LogP contribution >= 0.6 is 35.0 Å². The van der Waals surface area contributed by atoms with E-state index in [2.05, 4.69) is 10.3 Å². The summed E-state index contributed by atoms with van der Waals surface area (Å²) in [5.41, 5.74) is 1.61. The van der Waals surface area contributed by atoms with Crippen molar-refractivity contribution in [3.63, 3.8) is 0 Å². The van der Waals surface area contributed by atoms with Gasteiger partial charge in [0.1, 0.15) is 0 Å². The van der Waals surface area contributed by atoms with Gasteiger partial charge in [-0.25, -0.2) is 4.98 Å². The molecule has 0 saturated carbocycles. The molecule has 0 aliphatic heterocycles. The first-order valence-corrected chi connectivity index (χ1v) is 8.84. The van der Waals surface area contributed by atoms with Crippen LogP contribution in [-0.2, 0) is 4.79 Å². The Morgan fingerprint density at radius 3 is 2.67 bits per heavy atom. The van der Waals surface area contributed by atoms with Crippen molar-refractivity contribution in [3.05, 3.63) is 71.0 Å². The summed E-state index contributed by atoms with van der Waals surface area (Å²) in [6.45, 7) is 0. The largest absolute Gasteiger partial charge is 0.325 e. The summed E-state index contributed by atoms with van der Waals surface area (Å²) in [7, 11) is 0. The molecule has 4 nitrogen and oxygen atoms in total. The minimum atomic E-state index is -0.138. The van der Waals surface area contributed by atoms with E-state index in [9.17, 15) is 4.79 Å². The van der Waals surface area contributed by atoms with Crippen LogP contribution < -0.4 is 5.32 Å². The molecule has 0 saturated heterocycles. The smallest absolute Gasteiger partial charge is 0.234 e. The normalized spacial score (nSPS) is 10.6. The molecule has 0 radical (unpaired) electrons. The third-order valence-corrected chi connectivity index (χ3v) is 4.88. The summed E-state index contributed by atoms with van der Waals surface area (Å²) in [6, 6.07) is 14.8. The summed E-state index contributed by atoms with van der Waals surface area (Å²) in [6.07, 6.45) is 3.58. The lowest BCUT2D eigenvalue weighted by Gasteiger charge is -2.08. The summed E-state index contributed by atoms with van der Waals surface area (Å²) in [5.74, 6) is 0.102. The number of imidazole rings is 1. The second kappa shape index (κ2) is 7.75. The van der Waals surface area contributed by atoms with Gasteiger partial charge in [-0.15, -0.1) is 0 Å². The van der Waals surface area contributed by atoms with Gasteiger partial charge in [-0.2, -0.15) is 0 Å². The van der Waals surface area contributed by atoms with Gasteiger partial charge in [0.15, 0.2) is 5.16 Å². The number of hydrogen-bond acceptors (Lipinski definition) is 3. The maximum absolute atomic E-state index is 12.1. The van der Waals surface area contributed by atoms with E-state index in [0.717, 1.165) is 10.8 Å². The lowest BCUT2D eigenvalue weighted by Crippen LogP contribution is -2.14. The third-order valence-electron chi connectivity index (χ3n) is 3.18. The summed E-state index contributed by atoms with van der Waals surface area (Å²) in [5, 5.41) is 4.40. The topological polar surface area (TPSA) is 46.9 Å². The van der Waals surface area contributed by atoms with Gasteiger partial charge in [0.05, 0.1) is 15.8 Å². The van der Waals surface area contributed by atoms with E-state index in [1.54, 1.807) is 24.4 Å². The molecular weight excluding hydrogens is 365 g/mol. The number of nitrogens with one attached hydrogen (secondary N) is 1. The lowest BCUT2D eigenvalue weighted by atomic mass is 10.3. The van der Waals surface area contributed by atoms with Gasteiger partial charge < -0.3 is 5.32 Å². The lowest BCUT2D eigenvalue weighted by molar-refractivity contribution is -0.113. The second-order valence-electron chi connectivity index (χ2n) is 4.88. The highest BCUT2D eigenvalue weighted by atomic mass is 35.5. The van der Waals surface area contributed by atoms with Crippen LogP contribution in [0.15, 0.2) is 66.1 Å². The van der Waals surface area contributed by atoms with E-state index in [4.69, 9.17) is 23.2 Å². The fraction of sp³-hybridized carbons (Fsp3) is 0.0588. The molecule has 0 fully saturated rings. The molecule has 7 heteroatoms. The molecule has 122 valence electrons. The number of halogens is 2. The average molecular weight is 378 g/mol. The molecule has 0 atom stereocenters. The van der Waals surface area contributed by atoms with Gasteiger partial charge in [0.2, 0.25) is 5.91 Å². The predicted molar refractivity (Wildman–Crippen MR) is 99.4 cm³/mol. The van der Waals surface area contributed by atoms with Gasteiger partial charge in [0.25, 0.3) is 0 Å². The zero-order valence-electron chi connectivity index (χ0n) is 12.4. The number of carbonyl (C=O) groups excluding carboxylic acids is 1. The van der Waals surface area contributed by atoms with Crippen LogP contribution in [0.3, 0.4) is 0 Å². The van der Waals surface area contributed by atoms with Crippen molar-refractivity contribution < 1.29 is 4.79 Å². The van der Waals surface area contributed by atoms with E-state index in [-0.39, 0.29) is 11.7 Å². The van der Waals surface area contributed by atoms with Gasteiger partial charge in [-0.1, -0.05) is 53.2 Å². The summed E-state index contributed by atoms with van der Waals surface area (Å²) < 4.78 is 1.94. The minimum Gasteiger partial charge on any atom is -0.325 e. The highest BCUT2D eigenvalue weighted by Gasteiger charge is 2.10. The number of anilines is 1. The molecule has 0 bridgehead atoms. The van der Waals surface area contributed by atoms with Crippen molar-refractivity contribution in [1.29, 1.82) is 0 Å². The number of amides is 1. The Bertz CT molecular complexity index is 852. The zero-order valence-corrected chi connectivity index (χ0v) is 14.8. The quantitative estimate of drug-likeness (QED) is 0.642. The van der Waals surface area contributed by atoms with Crippen molar-refractivity contribution in [3.8, 4) is 5.69 Å². The standard InChI is InChI=1S/C17H13Cl2N3OS/c18-14-7-6-12(10-15(14)19)21-16(23)11-24-17-20-8-9-22(17)13-4-2-1-3-5-13/h1-10H,11H2,(H,21,23).